The molecule has 0 aromatic carbocycles. The lowest BCUT2D eigenvalue weighted by atomic mass is 9.95. The van der Waals surface area contributed by atoms with Crippen molar-refractivity contribution in [1.29, 1.82) is 0 Å². The summed E-state index contributed by atoms with van der Waals surface area (Å²) in [6.07, 6.45) is 1.21. The highest BCUT2D eigenvalue weighted by Gasteiger charge is 2.24. The summed E-state index contributed by atoms with van der Waals surface area (Å²) in [5, 5.41) is 0. The third-order valence-corrected chi connectivity index (χ3v) is 3.21. The van der Waals surface area contributed by atoms with Crippen LogP contribution in [0.4, 0.5) is 0 Å². The van der Waals surface area contributed by atoms with Crippen molar-refractivity contribution in [3.8, 4) is 0 Å². The van der Waals surface area contributed by atoms with Gasteiger partial charge in [0, 0.05) is 25.2 Å². The van der Waals surface area contributed by atoms with E-state index in [1.54, 1.807) is 0 Å². The molecule has 0 rings (SSSR count). The molecule has 2 nitrogen and oxygen atoms in total. The fourth-order valence-electron chi connectivity index (χ4n) is 2.12. The Kier molecular flexibility index (Phi) is 7.20. The third kappa shape index (κ3) is 4.98. The van der Waals surface area contributed by atoms with Crippen molar-refractivity contribution < 1.29 is 0 Å². The van der Waals surface area contributed by atoms with E-state index in [1.807, 2.05) is 0 Å². The van der Waals surface area contributed by atoms with Gasteiger partial charge >= 0.3 is 0 Å². The monoisotopic (exact) mass is 214 g/mol. The van der Waals surface area contributed by atoms with E-state index in [-0.39, 0.29) is 0 Å². The number of rotatable bonds is 7. The van der Waals surface area contributed by atoms with Crippen LogP contribution < -0.4 is 5.73 Å². The average Bonchev–Trinajstić information content (AvgIpc) is 2.16. The minimum atomic E-state index is 0.539. The van der Waals surface area contributed by atoms with Gasteiger partial charge in [0.2, 0.25) is 0 Å². The number of nitrogens with zero attached hydrogens (tertiary/aromatic N) is 1. The molecule has 0 saturated carbocycles. The number of hydrogen-bond donors (Lipinski definition) is 1. The van der Waals surface area contributed by atoms with E-state index in [1.165, 1.54) is 6.42 Å². The Hall–Kier alpha value is -0.0800. The zero-order chi connectivity index (χ0) is 12.0. The summed E-state index contributed by atoms with van der Waals surface area (Å²) >= 11 is 0. The van der Waals surface area contributed by atoms with Crippen LogP contribution in [-0.4, -0.2) is 30.1 Å². The Labute approximate surface area is 96.2 Å². The molecular formula is C13H30N2. The van der Waals surface area contributed by atoms with Gasteiger partial charge in [0.05, 0.1) is 0 Å². The van der Waals surface area contributed by atoms with Crippen LogP contribution in [0.5, 0.6) is 0 Å². The summed E-state index contributed by atoms with van der Waals surface area (Å²) in [6.45, 7) is 15.6. The van der Waals surface area contributed by atoms with Crippen molar-refractivity contribution in [3.05, 3.63) is 0 Å². The second-order valence-corrected chi connectivity index (χ2v) is 5.37. The van der Waals surface area contributed by atoms with Crippen LogP contribution in [0.25, 0.3) is 0 Å². The molecule has 92 valence electrons. The first-order chi connectivity index (χ1) is 6.93. The van der Waals surface area contributed by atoms with Crippen molar-refractivity contribution >= 4 is 0 Å². The van der Waals surface area contributed by atoms with E-state index in [2.05, 4.69) is 46.4 Å². The number of hydrogen-bond acceptors (Lipinski definition) is 2. The van der Waals surface area contributed by atoms with E-state index in [4.69, 9.17) is 5.73 Å². The molecule has 2 N–H and O–H groups in total. The topological polar surface area (TPSA) is 29.3 Å². The van der Waals surface area contributed by atoms with Crippen LogP contribution in [0.2, 0.25) is 0 Å². The van der Waals surface area contributed by atoms with Crippen LogP contribution in [0.1, 0.15) is 48.0 Å². The minimum Gasteiger partial charge on any atom is -0.329 e. The third-order valence-electron chi connectivity index (χ3n) is 3.21. The molecule has 0 fully saturated rings. The normalized spacial score (nSPS) is 16.4. The first-order valence-corrected chi connectivity index (χ1v) is 6.39. The molecule has 2 unspecified atom stereocenters. The van der Waals surface area contributed by atoms with Crippen molar-refractivity contribution in [3.63, 3.8) is 0 Å². The summed E-state index contributed by atoms with van der Waals surface area (Å²) in [4.78, 5) is 2.57. The second-order valence-electron chi connectivity index (χ2n) is 5.37. The van der Waals surface area contributed by atoms with Gasteiger partial charge < -0.3 is 5.73 Å². The Morgan fingerprint density at radius 1 is 1.07 bits per heavy atom. The molecule has 0 bridgehead atoms. The summed E-state index contributed by atoms with van der Waals surface area (Å²) in [5.41, 5.74) is 5.92. The van der Waals surface area contributed by atoms with E-state index in [9.17, 15) is 0 Å². The van der Waals surface area contributed by atoms with Gasteiger partial charge in [-0.05, 0) is 25.7 Å². The van der Waals surface area contributed by atoms with E-state index < -0.39 is 0 Å². The largest absolute Gasteiger partial charge is 0.329 e. The smallest absolute Gasteiger partial charge is 0.0246 e. The molecule has 0 saturated heterocycles. The predicted molar refractivity (Wildman–Crippen MR) is 69.0 cm³/mol. The molecule has 2 heteroatoms. The molecule has 0 amide bonds. The second kappa shape index (κ2) is 7.24. The van der Waals surface area contributed by atoms with Crippen LogP contribution >= 0.6 is 0 Å². The standard InChI is InChI=1S/C13H30N2/c1-7-12(6)13(8-14)15(11(4)5)9-10(2)3/h10-13H,7-9,14H2,1-6H3. The molecule has 0 radical (unpaired) electrons. The first kappa shape index (κ1) is 14.9. The van der Waals surface area contributed by atoms with Gasteiger partial charge in [0.25, 0.3) is 0 Å². The fourth-order valence-corrected chi connectivity index (χ4v) is 2.12. The molecule has 0 aliphatic carbocycles. The highest BCUT2D eigenvalue weighted by Crippen LogP contribution is 2.18. The molecular weight excluding hydrogens is 184 g/mol. The van der Waals surface area contributed by atoms with Gasteiger partial charge in [0.15, 0.2) is 0 Å². The zero-order valence-electron chi connectivity index (χ0n) is 11.5. The molecule has 0 aromatic heterocycles. The number of nitrogens with two attached hydrogens (primary N) is 1. The highest BCUT2D eigenvalue weighted by molar-refractivity contribution is 4.80. The Balaban J connectivity index is 4.54. The average molecular weight is 214 g/mol. The van der Waals surface area contributed by atoms with Crippen LogP contribution in [0.15, 0.2) is 0 Å². The maximum Gasteiger partial charge on any atom is 0.0246 e. The summed E-state index contributed by atoms with van der Waals surface area (Å²) in [6, 6.07) is 1.13. The van der Waals surface area contributed by atoms with Gasteiger partial charge in [-0.2, -0.15) is 0 Å². The zero-order valence-corrected chi connectivity index (χ0v) is 11.5. The Morgan fingerprint density at radius 2 is 1.60 bits per heavy atom. The lowest BCUT2D eigenvalue weighted by molar-refractivity contribution is 0.101. The van der Waals surface area contributed by atoms with Gasteiger partial charge in [-0.3, -0.25) is 4.90 Å². The SMILES string of the molecule is CCC(C)C(CN)N(CC(C)C)C(C)C. The highest BCUT2D eigenvalue weighted by atomic mass is 15.2. The Morgan fingerprint density at radius 3 is 1.87 bits per heavy atom. The molecule has 0 aliphatic heterocycles. The predicted octanol–water partition coefficient (Wildman–Crippen LogP) is 2.73. The quantitative estimate of drug-likeness (QED) is 0.706. The van der Waals surface area contributed by atoms with Gasteiger partial charge in [-0.15, -0.1) is 0 Å². The summed E-state index contributed by atoms with van der Waals surface area (Å²) in [7, 11) is 0. The fraction of sp³-hybridized carbons (Fsp3) is 1.00. The molecule has 0 spiro atoms. The molecule has 0 heterocycles. The summed E-state index contributed by atoms with van der Waals surface area (Å²) in [5.74, 6) is 1.40. The Bertz CT molecular complexity index is 155. The molecule has 15 heavy (non-hydrogen) atoms. The van der Waals surface area contributed by atoms with Crippen molar-refractivity contribution in [2.75, 3.05) is 13.1 Å². The molecule has 0 aromatic rings. The lowest BCUT2D eigenvalue weighted by Gasteiger charge is -2.38. The molecule has 2 atom stereocenters. The van der Waals surface area contributed by atoms with Gasteiger partial charge in [0.1, 0.15) is 0 Å². The maximum atomic E-state index is 5.92. The minimum absolute atomic E-state index is 0.539. The van der Waals surface area contributed by atoms with Crippen molar-refractivity contribution in [2.45, 2.75) is 60.0 Å². The van der Waals surface area contributed by atoms with E-state index in [0.717, 1.165) is 13.1 Å². The lowest BCUT2D eigenvalue weighted by Crippen LogP contribution is -2.49. The van der Waals surface area contributed by atoms with E-state index >= 15 is 0 Å². The maximum absolute atomic E-state index is 5.92. The van der Waals surface area contributed by atoms with Crippen molar-refractivity contribution in [2.24, 2.45) is 17.6 Å². The molecule has 0 aliphatic rings. The van der Waals surface area contributed by atoms with Crippen LogP contribution in [-0.2, 0) is 0 Å². The van der Waals surface area contributed by atoms with Crippen molar-refractivity contribution in [1.82, 2.24) is 4.90 Å². The van der Waals surface area contributed by atoms with Crippen LogP contribution in [0, 0.1) is 11.8 Å². The van der Waals surface area contributed by atoms with E-state index in [0.29, 0.717) is 23.9 Å². The van der Waals surface area contributed by atoms with Gasteiger partial charge in [-0.25, -0.2) is 0 Å². The van der Waals surface area contributed by atoms with Gasteiger partial charge in [-0.1, -0.05) is 34.1 Å². The van der Waals surface area contributed by atoms with Crippen LogP contribution in [0.3, 0.4) is 0 Å². The first-order valence-electron chi connectivity index (χ1n) is 6.39. The summed E-state index contributed by atoms with van der Waals surface area (Å²) < 4.78 is 0.